The number of rotatable bonds is 4. The molecular weight excluding hydrogens is 376 g/mol. The lowest BCUT2D eigenvalue weighted by Gasteiger charge is -2.18. The second kappa shape index (κ2) is 7.32. The first-order valence-electron chi connectivity index (χ1n) is 9.36. The van der Waals surface area contributed by atoms with E-state index in [2.05, 4.69) is 20.8 Å². The first-order valence-corrected chi connectivity index (χ1v) is 11.1. The quantitative estimate of drug-likeness (QED) is 0.452. The van der Waals surface area contributed by atoms with E-state index in [1.807, 2.05) is 24.3 Å². The van der Waals surface area contributed by atoms with Gasteiger partial charge in [0, 0.05) is 10.1 Å². The van der Waals surface area contributed by atoms with Crippen molar-refractivity contribution in [3.63, 3.8) is 0 Å². The highest BCUT2D eigenvalue weighted by Gasteiger charge is 2.25. The maximum atomic E-state index is 13.6. The molecule has 1 aliphatic rings. The molecule has 2 heterocycles. The number of methoxy groups -OCH3 is 1. The number of hydrogen-bond acceptors (Lipinski definition) is 5. The number of thiophene rings is 1. The van der Waals surface area contributed by atoms with Gasteiger partial charge in [0.15, 0.2) is 5.16 Å². The van der Waals surface area contributed by atoms with Gasteiger partial charge in [-0.2, -0.15) is 0 Å². The Kier molecular flexibility index (Phi) is 5.03. The molecule has 2 aromatic heterocycles. The third-order valence-electron chi connectivity index (χ3n) is 4.97. The fourth-order valence-electron chi connectivity index (χ4n) is 3.62. The van der Waals surface area contributed by atoms with E-state index in [0.717, 1.165) is 46.1 Å². The minimum absolute atomic E-state index is 0.0559. The van der Waals surface area contributed by atoms with Gasteiger partial charge in [-0.15, -0.1) is 11.3 Å². The van der Waals surface area contributed by atoms with Crippen LogP contribution >= 0.6 is 23.1 Å². The van der Waals surface area contributed by atoms with Gasteiger partial charge in [0.25, 0.3) is 5.56 Å². The summed E-state index contributed by atoms with van der Waals surface area (Å²) in [5.74, 6) is 1.46. The van der Waals surface area contributed by atoms with E-state index in [0.29, 0.717) is 11.2 Å². The van der Waals surface area contributed by atoms with Gasteiger partial charge in [-0.3, -0.25) is 9.36 Å². The monoisotopic (exact) mass is 400 g/mol. The molecule has 27 heavy (non-hydrogen) atoms. The number of ether oxygens (including phenoxy) is 1. The SMILES string of the molecule is COc1ccc(-n2c(SC(C)C)nc3sc4c(c3c2=O)CC[C@H](C)C4)cc1. The Labute approximate surface area is 167 Å². The molecule has 0 saturated carbocycles. The molecule has 6 heteroatoms. The summed E-state index contributed by atoms with van der Waals surface area (Å²) in [6.45, 7) is 6.54. The Hall–Kier alpha value is -1.79. The number of nitrogens with zero attached hydrogens (tertiary/aromatic N) is 2. The number of aromatic nitrogens is 2. The van der Waals surface area contributed by atoms with Crippen molar-refractivity contribution >= 4 is 33.3 Å². The van der Waals surface area contributed by atoms with E-state index in [1.165, 1.54) is 10.4 Å². The van der Waals surface area contributed by atoms with E-state index in [-0.39, 0.29) is 5.56 Å². The van der Waals surface area contributed by atoms with Crippen LogP contribution in [0, 0.1) is 5.92 Å². The summed E-state index contributed by atoms with van der Waals surface area (Å²) in [5, 5.41) is 1.93. The van der Waals surface area contributed by atoms with Crippen molar-refractivity contribution < 1.29 is 4.74 Å². The molecule has 3 aromatic rings. The summed E-state index contributed by atoms with van der Waals surface area (Å²) in [6.07, 6.45) is 3.18. The van der Waals surface area contributed by atoms with Crippen molar-refractivity contribution in [3.8, 4) is 11.4 Å². The summed E-state index contributed by atoms with van der Waals surface area (Å²) in [7, 11) is 1.65. The van der Waals surface area contributed by atoms with Crippen LogP contribution in [0.2, 0.25) is 0 Å². The highest BCUT2D eigenvalue weighted by molar-refractivity contribution is 7.99. The lowest BCUT2D eigenvalue weighted by atomic mass is 9.89. The maximum absolute atomic E-state index is 13.6. The summed E-state index contributed by atoms with van der Waals surface area (Å²) < 4.78 is 7.04. The van der Waals surface area contributed by atoms with Crippen LogP contribution in [0.1, 0.15) is 37.6 Å². The molecule has 0 unspecified atom stereocenters. The molecule has 1 aliphatic carbocycles. The minimum Gasteiger partial charge on any atom is -0.497 e. The smallest absolute Gasteiger partial charge is 0.267 e. The number of fused-ring (bicyclic) bond motifs is 3. The Morgan fingerprint density at radius 2 is 2.04 bits per heavy atom. The van der Waals surface area contributed by atoms with Crippen LogP contribution in [0.15, 0.2) is 34.2 Å². The lowest BCUT2D eigenvalue weighted by Crippen LogP contribution is -2.23. The molecule has 0 amide bonds. The van der Waals surface area contributed by atoms with Crippen LogP contribution in [0.4, 0.5) is 0 Å². The molecule has 1 aromatic carbocycles. The van der Waals surface area contributed by atoms with Gasteiger partial charge >= 0.3 is 0 Å². The second-order valence-electron chi connectivity index (χ2n) is 7.43. The third-order valence-corrected chi connectivity index (χ3v) is 7.07. The average molecular weight is 401 g/mol. The van der Waals surface area contributed by atoms with Gasteiger partial charge < -0.3 is 4.74 Å². The molecule has 0 bridgehead atoms. The van der Waals surface area contributed by atoms with E-state index >= 15 is 0 Å². The molecule has 0 spiro atoms. The predicted molar refractivity (Wildman–Crippen MR) is 114 cm³/mol. The molecule has 0 aliphatic heterocycles. The largest absolute Gasteiger partial charge is 0.497 e. The van der Waals surface area contributed by atoms with Crippen LogP contribution in [0.3, 0.4) is 0 Å². The highest BCUT2D eigenvalue weighted by Crippen LogP contribution is 2.37. The lowest BCUT2D eigenvalue weighted by molar-refractivity contribution is 0.414. The molecule has 4 rings (SSSR count). The summed E-state index contributed by atoms with van der Waals surface area (Å²) in [4.78, 5) is 20.8. The number of benzene rings is 1. The number of hydrogen-bond donors (Lipinski definition) is 0. The zero-order valence-electron chi connectivity index (χ0n) is 16.1. The van der Waals surface area contributed by atoms with Crippen LogP contribution in [0.5, 0.6) is 5.75 Å². The zero-order chi connectivity index (χ0) is 19.1. The van der Waals surface area contributed by atoms with Crippen LogP contribution in [-0.2, 0) is 12.8 Å². The van der Waals surface area contributed by atoms with Crippen molar-refractivity contribution in [2.45, 2.75) is 50.4 Å². The molecular formula is C21H24N2O2S2. The summed E-state index contributed by atoms with van der Waals surface area (Å²) in [5.41, 5.74) is 2.12. The van der Waals surface area contributed by atoms with Gasteiger partial charge in [0.2, 0.25) is 0 Å². The second-order valence-corrected chi connectivity index (χ2v) is 10.1. The maximum Gasteiger partial charge on any atom is 0.267 e. The van der Waals surface area contributed by atoms with Gasteiger partial charge in [-0.25, -0.2) is 4.98 Å². The summed E-state index contributed by atoms with van der Waals surface area (Å²) >= 11 is 3.34. The molecule has 4 nitrogen and oxygen atoms in total. The third kappa shape index (κ3) is 3.41. The molecule has 0 saturated heterocycles. The van der Waals surface area contributed by atoms with Crippen LogP contribution in [-0.4, -0.2) is 21.9 Å². The first-order chi connectivity index (χ1) is 13.0. The molecule has 0 fully saturated rings. The van der Waals surface area contributed by atoms with E-state index in [4.69, 9.17) is 9.72 Å². The topological polar surface area (TPSA) is 44.1 Å². The first kappa shape index (κ1) is 18.6. The fraction of sp³-hybridized carbons (Fsp3) is 0.429. The standard InChI is InChI=1S/C21H24N2O2S2/c1-12(2)26-21-22-19-18(16-10-5-13(3)11-17(16)27-19)20(24)23(21)14-6-8-15(25-4)9-7-14/h6-9,12-13H,5,10-11H2,1-4H3/t13-/m0/s1. The van der Waals surface area contributed by atoms with E-state index in [1.54, 1.807) is 34.8 Å². The summed E-state index contributed by atoms with van der Waals surface area (Å²) in [6, 6.07) is 7.64. The Balaban J connectivity index is 1.96. The van der Waals surface area contributed by atoms with Crippen LogP contribution in [0.25, 0.3) is 15.9 Å². The van der Waals surface area contributed by atoms with Gasteiger partial charge in [-0.05, 0) is 55.0 Å². The normalized spacial score (nSPS) is 16.7. The van der Waals surface area contributed by atoms with E-state index < -0.39 is 0 Å². The zero-order valence-corrected chi connectivity index (χ0v) is 17.7. The van der Waals surface area contributed by atoms with Gasteiger partial charge in [0.05, 0.1) is 18.2 Å². The minimum atomic E-state index is 0.0559. The number of aryl methyl sites for hydroxylation is 1. The predicted octanol–water partition coefficient (Wildman–Crippen LogP) is 5.08. The molecule has 1 atom stereocenters. The fourth-order valence-corrected chi connectivity index (χ4v) is 5.91. The molecule has 0 radical (unpaired) electrons. The van der Waals surface area contributed by atoms with Gasteiger partial charge in [-0.1, -0.05) is 32.5 Å². The van der Waals surface area contributed by atoms with Crippen molar-refractivity contribution in [2.75, 3.05) is 7.11 Å². The van der Waals surface area contributed by atoms with Crippen molar-refractivity contribution in [3.05, 3.63) is 45.1 Å². The van der Waals surface area contributed by atoms with Crippen molar-refractivity contribution in [1.29, 1.82) is 0 Å². The highest BCUT2D eigenvalue weighted by atomic mass is 32.2. The molecule has 0 N–H and O–H groups in total. The Morgan fingerprint density at radius 1 is 1.30 bits per heavy atom. The van der Waals surface area contributed by atoms with Gasteiger partial charge in [0.1, 0.15) is 10.6 Å². The van der Waals surface area contributed by atoms with E-state index in [9.17, 15) is 4.79 Å². The Morgan fingerprint density at radius 3 is 2.70 bits per heavy atom. The Bertz CT molecular complexity index is 1040. The van der Waals surface area contributed by atoms with Crippen molar-refractivity contribution in [1.82, 2.24) is 9.55 Å². The molecule has 142 valence electrons. The number of thioether (sulfide) groups is 1. The van der Waals surface area contributed by atoms with Crippen molar-refractivity contribution in [2.24, 2.45) is 5.92 Å². The average Bonchev–Trinajstić information content (AvgIpc) is 2.99. The van der Waals surface area contributed by atoms with Crippen LogP contribution < -0.4 is 10.3 Å².